The van der Waals surface area contributed by atoms with Crippen molar-refractivity contribution in [3.05, 3.63) is 23.7 Å². The highest BCUT2D eigenvalue weighted by molar-refractivity contribution is 7.90. The van der Waals surface area contributed by atoms with Crippen molar-refractivity contribution in [1.29, 1.82) is 0 Å². The maximum atomic E-state index is 12.5. The molecule has 1 aliphatic heterocycles. The lowest BCUT2D eigenvalue weighted by molar-refractivity contribution is 0.0197. The highest BCUT2D eigenvalue weighted by Gasteiger charge is 2.32. The quantitative estimate of drug-likeness (QED) is 0.693. The monoisotopic (exact) mass is 422 g/mol. The standard InChI is InChI=1S/C19H26N4O5S/c1-12-9-15(28-22-12)14-10-20-17(29(5,25)26)21-16(14)13-7-6-8-23(11-13)18(24)27-19(2,3)4/h9-10,13H,6-8,11H2,1-5H3. The van der Waals surface area contributed by atoms with Crippen molar-refractivity contribution in [2.45, 2.75) is 57.2 Å². The fourth-order valence-corrected chi connectivity index (χ4v) is 3.75. The second-order valence-corrected chi connectivity index (χ2v) is 10.2. The highest BCUT2D eigenvalue weighted by Crippen LogP contribution is 2.34. The zero-order chi connectivity index (χ0) is 21.4. The number of carbonyl (C=O) groups excluding carboxylic acids is 1. The van der Waals surface area contributed by atoms with E-state index in [9.17, 15) is 13.2 Å². The van der Waals surface area contributed by atoms with E-state index >= 15 is 0 Å². The maximum Gasteiger partial charge on any atom is 0.410 e. The Morgan fingerprint density at radius 1 is 1.34 bits per heavy atom. The number of nitrogens with zero attached hydrogens (tertiary/aromatic N) is 4. The molecule has 1 saturated heterocycles. The van der Waals surface area contributed by atoms with Crippen LogP contribution >= 0.6 is 0 Å². The SMILES string of the molecule is Cc1cc(-c2cnc(S(C)(=O)=O)nc2C2CCCN(C(=O)OC(C)(C)C)C2)on1. The van der Waals surface area contributed by atoms with Crippen molar-refractivity contribution in [2.24, 2.45) is 0 Å². The van der Waals surface area contributed by atoms with Gasteiger partial charge < -0.3 is 14.2 Å². The number of ether oxygens (including phenoxy) is 1. The van der Waals surface area contributed by atoms with E-state index in [1.165, 1.54) is 6.20 Å². The lowest BCUT2D eigenvalue weighted by Gasteiger charge is -2.34. The third kappa shape index (κ3) is 5.11. The molecule has 29 heavy (non-hydrogen) atoms. The molecule has 3 heterocycles. The van der Waals surface area contributed by atoms with Crippen LogP contribution in [0.4, 0.5) is 4.79 Å². The fraction of sp³-hybridized carbons (Fsp3) is 0.579. The Bertz CT molecular complexity index is 1010. The van der Waals surface area contributed by atoms with Gasteiger partial charge in [0.15, 0.2) is 5.76 Å². The Balaban J connectivity index is 1.98. The molecule has 0 aromatic carbocycles. The first kappa shape index (κ1) is 21.2. The summed E-state index contributed by atoms with van der Waals surface area (Å²) in [5.74, 6) is 0.284. The summed E-state index contributed by atoms with van der Waals surface area (Å²) in [5, 5.41) is 3.65. The Morgan fingerprint density at radius 2 is 2.07 bits per heavy atom. The summed E-state index contributed by atoms with van der Waals surface area (Å²) in [7, 11) is -3.59. The van der Waals surface area contributed by atoms with Gasteiger partial charge in [-0.3, -0.25) is 0 Å². The number of hydrogen-bond acceptors (Lipinski definition) is 8. The number of amides is 1. The number of likely N-dealkylation sites (tertiary alicyclic amines) is 1. The molecule has 0 radical (unpaired) electrons. The normalized spacial score (nSPS) is 18.0. The molecule has 0 saturated carbocycles. The Hall–Kier alpha value is -2.49. The topological polar surface area (TPSA) is 115 Å². The minimum absolute atomic E-state index is 0.180. The van der Waals surface area contributed by atoms with Crippen molar-refractivity contribution >= 4 is 15.9 Å². The fourth-order valence-electron chi connectivity index (χ4n) is 3.24. The minimum Gasteiger partial charge on any atom is -0.444 e. The van der Waals surface area contributed by atoms with Crippen molar-refractivity contribution in [2.75, 3.05) is 19.3 Å². The van der Waals surface area contributed by atoms with E-state index in [2.05, 4.69) is 15.1 Å². The lowest BCUT2D eigenvalue weighted by Crippen LogP contribution is -2.42. The first-order chi connectivity index (χ1) is 13.4. The van der Waals surface area contributed by atoms with Crippen LogP contribution in [0.15, 0.2) is 21.9 Å². The number of hydrogen-bond donors (Lipinski definition) is 0. The molecule has 2 aromatic heterocycles. The molecular weight excluding hydrogens is 396 g/mol. The minimum atomic E-state index is -3.59. The van der Waals surface area contributed by atoms with Crippen LogP contribution in [0, 0.1) is 6.92 Å². The third-order valence-corrected chi connectivity index (χ3v) is 5.34. The van der Waals surface area contributed by atoms with Crippen LogP contribution in [0.2, 0.25) is 0 Å². The van der Waals surface area contributed by atoms with E-state index in [1.807, 2.05) is 20.8 Å². The van der Waals surface area contributed by atoms with Crippen molar-refractivity contribution < 1.29 is 22.5 Å². The van der Waals surface area contributed by atoms with E-state index < -0.39 is 21.5 Å². The van der Waals surface area contributed by atoms with Gasteiger partial charge in [0.1, 0.15) is 5.60 Å². The predicted octanol–water partition coefficient (Wildman–Crippen LogP) is 2.96. The molecule has 0 aliphatic carbocycles. The molecule has 0 bridgehead atoms. The molecule has 1 fully saturated rings. The van der Waals surface area contributed by atoms with Crippen LogP contribution in [0.25, 0.3) is 11.3 Å². The van der Waals surface area contributed by atoms with E-state index in [4.69, 9.17) is 9.26 Å². The number of aromatic nitrogens is 3. The summed E-state index contributed by atoms with van der Waals surface area (Å²) in [5.41, 5.74) is 1.21. The molecule has 1 amide bonds. The van der Waals surface area contributed by atoms with Crippen LogP contribution in [-0.2, 0) is 14.6 Å². The molecule has 0 spiro atoms. The zero-order valence-electron chi connectivity index (χ0n) is 17.3. The molecule has 1 unspecified atom stereocenters. The lowest BCUT2D eigenvalue weighted by atomic mass is 9.91. The van der Waals surface area contributed by atoms with Gasteiger partial charge in [0.05, 0.1) is 17.0 Å². The van der Waals surface area contributed by atoms with Crippen molar-refractivity contribution in [3.8, 4) is 11.3 Å². The zero-order valence-corrected chi connectivity index (χ0v) is 18.1. The third-order valence-electron chi connectivity index (χ3n) is 4.48. The van der Waals surface area contributed by atoms with Gasteiger partial charge in [-0.2, -0.15) is 0 Å². The summed E-state index contributed by atoms with van der Waals surface area (Å²) in [6.45, 7) is 8.20. The van der Waals surface area contributed by atoms with Crippen molar-refractivity contribution in [3.63, 3.8) is 0 Å². The van der Waals surface area contributed by atoms with Crippen LogP contribution in [0.3, 0.4) is 0 Å². The summed E-state index contributed by atoms with van der Waals surface area (Å²) in [6.07, 6.45) is 3.62. The van der Waals surface area contributed by atoms with Gasteiger partial charge in [-0.25, -0.2) is 23.2 Å². The summed E-state index contributed by atoms with van der Waals surface area (Å²) in [6, 6.07) is 1.75. The summed E-state index contributed by atoms with van der Waals surface area (Å²) < 4.78 is 34.9. The van der Waals surface area contributed by atoms with Crippen LogP contribution in [0.5, 0.6) is 0 Å². The average Bonchev–Trinajstić information content (AvgIpc) is 3.05. The van der Waals surface area contributed by atoms with Crippen LogP contribution < -0.4 is 0 Å². The van der Waals surface area contributed by atoms with Gasteiger partial charge in [0, 0.05) is 37.5 Å². The number of sulfone groups is 1. The average molecular weight is 423 g/mol. The molecule has 9 nitrogen and oxygen atoms in total. The smallest absolute Gasteiger partial charge is 0.410 e. The first-order valence-electron chi connectivity index (χ1n) is 9.42. The number of piperidine rings is 1. The van der Waals surface area contributed by atoms with Crippen LogP contribution in [0.1, 0.15) is 50.9 Å². The first-order valence-corrected chi connectivity index (χ1v) is 11.3. The molecule has 0 N–H and O–H groups in total. The van der Waals surface area contributed by atoms with Gasteiger partial charge >= 0.3 is 6.09 Å². The largest absolute Gasteiger partial charge is 0.444 e. The predicted molar refractivity (Wildman–Crippen MR) is 105 cm³/mol. The Labute approximate surface area is 170 Å². The second-order valence-electron chi connectivity index (χ2n) is 8.32. The Morgan fingerprint density at radius 3 is 2.66 bits per heavy atom. The highest BCUT2D eigenvalue weighted by atomic mass is 32.2. The molecule has 1 aliphatic rings. The second kappa shape index (κ2) is 7.74. The molecule has 1 atom stereocenters. The molecule has 3 rings (SSSR count). The maximum absolute atomic E-state index is 12.5. The van der Waals surface area contributed by atoms with Gasteiger partial charge in [-0.05, 0) is 40.5 Å². The number of carbonyl (C=O) groups is 1. The van der Waals surface area contributed by atoms with Gasteiger partial charge in [0.2, 0.25) is 15.0 Å². The van der Waals surface area contributed by atoms with E-state index in [1.54, 1.807) is 17.9 Å². The van der Waals surface area contributed by atoms with Gasteiger partial charge in [0.25, 0.3) is 0 Å². The van der Waals surface area contributed by atoms with Crippen molar-refractivity contribution in [1.82, 2.24) is 20.0 Å². The van der Waals surface area contributed by atoms with Crippen LogP contribution in [-0.4, -0.2) is 59.5 Å². The molecular formula is C19H26N4O5S. The molecule has 158 valence electrons. The van der Waals surface area contributed by atoms with E-state index in [0.29, 0.717) is 35.8 Å². The van der Waals surface area contributed by atoms with E-state index in [-0.39, 0.29) is 11.1 Å². The number of aryl methyl sites for hydroxylation is 1. The number of rotatable bonds is 3. The molecule has 2 aromatic rings. The molecule has 10 heteroatoms. The Kier molecular flexibility index (Phi) is 5.66. The van der Waals surface area contributed by atoms with Gasteiger partial charge in [-0.1, -0.05) is 5.16 Å². The van der Waals surface area contributed by atoms with E-state index in [0.717, 1.165) is 19.1 Å². The van der Waals surface area contributed by atoms with Gasteiger partial charge in [-0.15, -0.1) is 0 Å². The summed E-state index contributed by atoms with van der Waals surface area (Å²) >= 11 is 0. The summed E-state index contributed by atoms with van der Waals surface area (Å²) in [4.78, 5) is 22.5.